The zero-order valence-electron chi connectivity index (χ0n) is 15.7. The predicted octanol–water partition coefficient (Wildman–Crippen LogP) is 3.95. The zero-order chi connectivity index (χ0) is 18.7. The molecule has 0 spiro atoms. The summed E-state index contributed by atoms with van der Waals surface area (Å²) in [6.07, 6.45) is 3.40. The summed E-state index contributed by atoms with van der Waals surface area (Å²) in [6.45, 7) is 8.42. The molecule has 0 aliphatic heterocycles. The van der Waals surface area contributed by atoms with Crippen molar-refractivity contribution in [1.82, 2.24) is 15.0 Å². The lowest BCUT2D eigenvalue weighted by Gasteiger charge is -2.14. The van der Waals surface area contributed by atoms with E-state index in [9.17, 15) is 4.79 Å². The number of nitrogens with one attached hydrogen (secondary N) is 1. The van der Waals surface area contributed by atoms with Crippen molar-refractivity contribution in [2.75, 3.05) is 5.32 Å². The normalized spacial score (nSPS) is 11.7. The fraction of sp³-hybridized carbons (Fsp3) is 0.400. The van der Waals surface area contributed by atoms with E-state index < -0.39 is 0 Å². The molecular weight excluding hydrogens is 328 g/mol. The van der Waals surface area contributed by atoms with Gasteiger partial charge in [-0.15, -0.1) is 0 Å². The van der Waals surface area contributed by atoms with Crippen LogP contribution < -0.4 is 5.32 Å². The van der Waals surface area contributed by atoms with Gasteiger partial charge in [0.1, 0.15) is 17.2 Å². The second kappa shape index (κ2) is 7.23. The smallest absolute Gasteiger partial charge is 0.229 e. The molecule has 2 heterocycles. The van der Waals surface area contributed by atoms with Crippen molar-refractivity contribution >= 4 is 22.8 Å². The topological polar surface area (TPSA) is 80.9 Å². The van der Waals surface area contributed by atoms with Crippen LogP contribution in [-0.2, 0) is 24.1 Å². The Morgan fingerprint density at radius 2 is 2.00 bits per heavy atom. The van der Waals surface area contributed by atoms with Crippen molar-refractivity contribution < 1.29 is 9.21 Å². The Labute approximate surface area is 153 Å². The molecule has 1 aromatic carbocycles. The monoisotopic (exact) mass is 352 g/mol. The molecule has 1 amide bonds. The van der Waals surface area contributed by atoms with Crippen LogP contribution >= 0.6 is 0 Å². The van der Waals surface area contributed by atoms with E-state index >= 15 is 0 Å². The average molecular weight is 352 g/mol. The molecule has 3 rings (SSSR count). The summed E-state index contributed by atoms with van der Waals surface area (Å²) in [5.74, 6) is 1.83. The second-order valence-corrected chi connectivity index (χ2v) is 7.58. The van der Waals surface area contributed by atoms with Crippen molar-refractivity contribution in [2.45, 2.75) is 47.0 Å². The summed E-state index contributed by atoms with van der Waals surface area (Å²) in [4.78, 5) is 25.3. The molecule has 1 N–H and O–H groups in total. The van der Waals surface area contributed by atoms with Crippen LogP contribution in [-0.4, -0.2) is 20.9 Å². The Morgan fingerprint density at radius 3 is 2.73 bits per heavy atom. The summed E-state index contributed by atoms with van der Waals surface area (Å²) in [7, 11) is 0. The number of rotatable bonds is 5. The Balaban J connectivity index is 1.70. The van der Waals surface area contributed by atoms with Gasteiger partial charge in [-0.3, -0.25) is 4.79 Å². The van der Waals surface area contributed by atoms with Crippen LogP contribution in [0.25, 0.3) is 11.1 Å². The third-order valence-electron chi connectivity index (χ3n) is 3.83. The standard InChI is InChI=1S/C20H24N4O2/c1-5-16-21-9-8-17(23-16)24-18(25)11-13-6-7-15-14(10-13)22-19(26-15)12-20(2,3)4/h6-10H,5,11-12H2,1-4H3,(H,21,23,24,25). The first kappa shape index (κ1) is 18.0. The van der Waals surface area contributed by atoms with E-state index in [-0.39, 0.29) is 17.7 Å². The number of fused-ring (bicyclic) bond motifs is 1. The minimum Gasteiger partial charge on any atom is -0.441 e. The van der Waals surface area contributed by atoms with Gasteiger partial charge in [0.05, 0.1) is 6.42 Å². The lowest BCUT2D eigenvalue weighted by atomic mass is 9.92. The molecule has 0 saturated heterocycles. The van der Waals surface area contributed by atoms with Crippen molar-refractivity contribution in [3.05, 3.63) is 47.7 Å². The molecule has 6 heteroatoms. The van der Waals surface area contributed by atoms with Crippen molar-refractivity contribution in [1.29, 1.82) is 0 Å². The van der Waals surface area contributed by atoms with Crippen molar-refractivity contribution in [3.8, 4) is 0 Å². The van der Waals surface area contributed by atoms with Crippen LogP contribution in [0.3, 0.4) is 0 Å². The number of amides is 1. The van der Waals surface area contributed by atoms with Crippen LogP contribution in [0.15, 0.2) is 34.9 Å². The number of hydrogen-bond donors (Lipinski definition) is 1. The molecule has 0 fully saturated rings. The first-order valence-electron chi connectivity index (χ1n) is 8.82. The van der Waals surface area contributed by atoms with Gasteiger partial charge < -0.3 is 9.73 Å². The highest BCUT2D eigenvalue weighted by Gasteiger charge is 2.16. The minimum atomic E-state index is -0.122. The molecule has 3 aromatic rings. The highest BCUT2D eigenvalue weighted by molar-refractivity contribution is 5.91. The molecule has 0 bridgehead atoms. The lowest BCUT2D eigenvalue weighted by molar-refractivity contribution is -0.115. The number of nitrogens with zero attached hydrogens (tertiary/aromatic N) is 3. The van der Waals surface area contributed by atoms with Crippen LogP contribution in [0.5, 0.6) is 0 Å². The molecule has 0 aliphatic rings. The molecule has 0 radical (unpaired) electrons. The first-order chi connectivity index (χ1) is 12.3. The highest BCUT2D eigenvalue weighted by Crippen LogP contribution is 2.24. The minimum absolute atomic E-state index is 0.110. The summed E-state index contributed by atoms with van der Waals surface area (Å²) < 4.78 is 5.80. The third-order valence-corrected chi connectivity index (χ3v) is 3.83. The summed E-state index contributed by atoms with van der Waals surface area (Å²) in [5, 5.41) is 2.82. The maximum atomic E-state index is 12.3. The Hall–Kier alpha value is -2.76. The Bertz CT molecular complexity index is 925. The molecule has 0 aliphatic carbocycles. The summed E-state index contributed by atoms with van der Waals surface area (Å²) in [5.41, 5.74) is 2.52. The number of benzene rings is 1. The number of aryl methyl sites for hydroxylation is 1. The average Bonchev–Trinajstić information content (AvgIpc) is 2.94. The van der Waals surface area contributed by atoms with Gasteiger partial charge >= 0.3 is 0 Å². The van der Waals surface area contributed by atoms with E-state index in [4.69, 9.17) is 4.42 Å². The largest absolute Gasteiger partial charge is 0.441 e. The van der Waals surface area contributed by atoms with Gasteiger partial charge in [-0.1, -0.05) is 33.8 Å². The van der Waals surface area contributed by atoms with E-state index in [1.54, 1.807) is 12.3 Å². The van der Waals surface area contributed by atoms with Crippen LogP contribution in [0.4, 0.5) is 5.82 Å². The van der Waals surface area contributed by atoms with E-state index in [1.807, 2.05) is 25.1 Å². The van der Waals surface area contributed by atoms with Crippen LogP contribution in [0.2, 0.25) is 0 Å². The van der Waals surface area contributed by atoms with E-state index in [0.29, 0.717) is 11.6 Å². The van der Waals surface area contributed by atoms with Gasteiger partial charge in [0.15, 0.2) is 11.5 Å². The van der Waals surface area contributed by atoms with Crippen molar-refractivity contribution in [2.24, 2.45) is 5.41 Å². The molecule has 6 nitrogen and oxygen atoms in total. The molecule has 136 valence electrons. The molecule has 0 atom stereocenters. The Kier molecular flexibility index (Phi) is 5.02. The van der Waals surface area contributed by atoms with E-state index in [2.05, 4.69) is 41.0 Å². The number of carbonyl (C=O) groups is 1. The van der Waals surface area contributed by atoms with Crippen LogP contribution in [0.1, 0.15) is 45.0 Å². The van der Waals surface area contributed by atoms with Gasteiger partial charge in [0.25, 0.3) is 0 Å². The van der Waals surface area contributed by atoms with E-state index in [0.717, 1.165) is 35.4 Å². The number of oxazole rings is 1. The van der Waals surface area contributed by atoms with Crippen LogP contribution in [0, 0.1) is 5.41 Å². The van der Waals surface area contributed by atoms with Gasteiger partial charge in [-0.2, -0.15) is 0 Å². The molecule has 0 saturated carbocycles. The zero-order valence-corrected chi connectivity index (χ0v) is 15.7. The Morgan fingerprint density at radius 1 is 1.19 bits per heavy atom. The third kappa shape index (κ3) is 4.65. The molecule has 0 unspecified atom stereocenters. The SMILES string of the molecule is CCc1nccc(NC(=O)Cc2ccc3oc(CC(C)(C)C)nc3c2)n1. The maximum Gasteiger partial charge on any atom is 0.229 e. The highest BCUT2D eigenvalue weighted by atomic mass is 16.3. The number of hydrogen-bond acceptors (Lipinski definition) is 5. The fourth-order valence-corrected chi connectivity index (χ4v) is 2.67. The quantitative estimate of drug-likeness (QED) is 0.752. The van der Waals surface area contributed by atoms with E-state index in [1.165, 1.54) is 0 Å². The fourth-order valence-electron chi connectivity index (χ4n) is 2.67. The number of anilines is 1. The second-order valence-electron chi connectivity index (χ2n) is 7.58. The summed E-state index contributed by atoms with van der Waals surface area (Å²) >= 11 is 0. The molecule has 26 heavy (non-hydrogen) atoms. The van der Waals surface area contributed by atoms with Gasteiger partial charge in [-0.05, 0) is 29.2 Å². The van der Waals surface area contributed by atoms with Gasteiger partial charge in [0.2, 0.25) is 5.91 Å². The summed E-state index contributed by atoms with van der Waals surface area (Å²) in [6, 6.07) is 7.36. The predicted molar refractivity (Wildman–Crippen MR) is 101 cm³/mol. The first-order valence-corrected chi connectivity index (χ1v) is 8.82. The molecule has 2 aromatic heterocycles. The van der Waals surface area contributed by atoms with Crippen molar-refractivity contribution in [3.63, 3.8) is 0 Å². The number of carbonyl (C=O) groups excluding carboxylic acids is 1. The van der Waals surface area contributed by atoms with Gasteiger partial charge in [0, 0.05) is 19.0 Å². The number of aromatic nitrogens is 3. The van der Waals surface area contributed by atoms with Gasteiger partial charge in [-0.25, -0.2) is 15.0 Å². The molecular formula is C20H24N4O2. The maximum absolute atomic E-state index is 12.3. The lowest BCUT2D eigenvalue weighted by Crippen LogP contribution is -2.15.